The second kappa shape index (κ2) is 4.17. The molecule has 2 aromatic rings. The van der Waals surface area contributed by atoms with Crippen LogP contribution >= 0.6 is 0 Å². The first-order chi connectivity index (χ1) is 6.59. The van der Waals surface area contributed by atoms with Gasteiger partial charge < -0.3 is 10.3 Å². The molecule has 0 aliphatic carbocycles. The fourth-order valence-electron chi connectivity index (χ4n) is 1.76. The summed E-state index contributed by atoms with van der Waals surface area (Å²) < 4.78 is 1.77. The molecule has 2 rings (SSSR count). The number of nitrogen functional groups attached to an aromatic ring is 1. The molecule has 0 spiro atoms. The van der Waals surface area contributed by atoms with Gasteiger partial charge in [-0.05, 0) is 19.5 Å². The Morgan fingerprint density at radius 2 is 2.07 bits per heavy atom. The molecule has 0 fully saturated rings. The van der Waals surface area contributed by atoms with Crippen molar-refractivity contribution < 1.29 is 17.1 Å². The van der Waals surface area contributed by atoms with E-state index in [1.54, 1.807) is 10.6 Å². The minimum absolute atomic E-state index is 0. The Kier molecular flexibility index (Phi) is 3.32. The third-order valence-electron chi connectivity index (χ3n) is 2.34. The Morgan fingerprint density at radius 1 is 1.40 bits per heavy atom. The Balaban J connectivity index is 0.00000112. The van der Waals surface area contributed by atoms with Crippen LogP contribution in [0.4, 0.5) is 5.69 Å². The van der Waals surface area contributed by atoms with Crippen molar-refractivity contribution >= 4 is 16.6 Å². The van der Waals surface area contributed by atoms with Crippen molar-refractivity contribution in [3.63, 3.8) is 0 Å². The van der Waals surface area contributed by atoms with Gasteiger partial charge in [-0.1, -0.05) is 23.7 Å². The Hall–Kier alpha value is -1.12. The van der Waals surface area contributed by atoms with E-state index in [1.807, 2.05) is 32.0 Å². The maximum atomic E-state index is 11.6. The van der Waals surface area contributed by atoms with E-state index < -0.39 is 0 Å². The maximum Gasteiger partial charge on any atom is 0.185 e. The van der Waals surface area contributed by atoms with Crippen molar-refractivity contribution in [3.05, 3.63) is 34.6 Å². The molecule has 0 amide bonds. The van der Waals surface area contributed by atoms with Gasteiger partial charge in [0.2, 0.25) is 0 Å². The molecule has 0 saturated carbocycles. The summed E-state index contributed by atoms with van der Waals surface area (Å²) in [7, 11) is 0. The van der Waals surface area contributed by atoms with Gasteiger partial charge in [-0.2, -0.15) is 5.39 Å². The molecule has 0 saturated heterocycles. The molecule has 0 atom stereocenters. The van der Waals surface area contributed by atoms with E-state index in [0.29, 0.717) is 5.69 Å². The SMILES string of the molecule is CC(C)n1c(=O)[cH-]c2cc(N)ccc21.[Fe]. The summed E-state index contributed by atoms with van der Waals surface area (Å²) in [6.45, 7) is 3.99. The molecule has 3 nitrogen and oxygen atoms in total. The Labute approximate surface area is 98.7 Å². The van der Waals surface area contributed by atoms with E-state index in [1.165, 1.54) is 0 Å². The molecule has 15 heavy (non-hydrogen) atoms. The number of hydrogen-bond donors (Lipinski definition) is 1. The Morgan fingerprint density at radius 3 is 2.67 bits per heavy atom. The van der Waals surface area contributed by atoms with Crippen molar-refractivity contribution in [2.24, 2.45) is 0 Å². The summed E-state index contributed by atoms with van der Waals surface area (Å²) >= 11 is 0. The smallest absolute Gasteiger partial charge is 0.185 e. The van der Waals surface area contributed by atoms with Crippen LogP contribution in [0.5, 0.6) is 0 Å². The average Bonchev–Trinajstić information content (AvgIpc) is 2.39. The number of rotatable bonds is 1. The van der Waals surface area contributed by atoms with Gasteiger partial charge in [0.25, 0.3) is 0 Å². The van der Waals surface area contributed by atoms with E-state index in [0.717, 1.165) is 10.9 Å². The number of fused-ring (bicyclic) bond motifs is 1. The van der Waals surface area contributed by atoms with Gasteiger partial charge in [-0.15, -0.1) is 6.07 Å². The van der Waals surface area contributed by atoms with Crippen LogP contribution in [0.3, 0.4) is 0 Å². The molecule has 2 N–H and O–H groups in total. The van der Waals surface area contributed by atoms with Crippen molar-refractivity contribution in [3.8, 4) is 0 Å². The summed E-state index contributed by atoms with van der Waals surface area (Å²) in [6, 6.07) is 7.36. The minimum atomic E-state index is 0. The minimum Gasteiger partial charge on any atom is -0.409 e. The molecule has 0 bridgehead atoms. The average molecular weight is 245 g/mol. The van der Waals surface area contributed by atoms with E-state index in [9.17, 15) is 4.79 Å². The molecular weight excluding hydrogens is 232 g/mol. The number of anilines is 1. The summed E-state index contributed by atoms with van der Waals surface area (Å²) in [4.78, 5) is 11.6. The zero-order chi connectivity index (χ0) is 10.3. The van der Waals surface area contributed by atoms with Gasteiger partial charge in [0.1, 0.15) is 0 Å². The van der Waals surface area contributed by atoms with Crippen LogP contribution < -0.4 is 11.3 Å². The fourth-order valence-corrected chi connectivity index (χ4v) is 1.76. The molecule has 82 valence electrons. The fraction of sp³-hybridized carbons (Fsp3) is 0.273. The molecule has 1 aromatic carbocycles. The summed E-state index contributed by atoms with van der Waals surface area (Å²) in [5, 5.41) is 0.920. The van der Waals surface area contributed by atoms with Crippen LogP contribution in [0.25, 0.3) is 10.9 Å². The van der Waals surface area contributed by atoms with Crippen molar-refractivity contribution in [1.82, 2.24) is 4.57 Å². The van der Waals surface area contributed by atoms with E-state index >= 15 is 0 Å². The first-order valence-corrected chi connectivity index (χ1v) is 4.67. The predicted molar refractivity (Wildman–Crippen MR) is 58.6 cm³/mol. The topological polar surface area (TPSA) is 48.0 Å². The molecule has 1 heterocycles. The van der Waals surface area contributed by atoms with Gasteiger partial charge >= 0.3 is 0 Å². The molecular formula is C11H13FeN2O-. The maximum absolute atomic E-state index is 11.6. The predicted octanol–water partition coefficient (Wildman–Crippen LogP) is 1.88. The van der Waals surface area contributed by atoms with Gasteiger partial charge in [0.05, 0.1) is 0 Å². The third-order valence-corrected chi connectivity index (χ3v) is 2.34. The number of nitrogens with zero attached hydrogens (tertiary/aromatic N) is 1. The molecule has 1 aromatic heterocycles. The van der Waals surface area contributed by atoms with E-state index in [4.69, 9.17) is 5.73 Å². The number of hydrogen-bond acceptors (Lipinski definition) is 2. The molecule has 4 heteroatoms. The number of benzene rings is 1. The first-order valence-electron chi connectivity index (χ1n) is 4.67. The number of nitrogens with two attached hydrogens (primary N) is 1. The standard InChI is InChI=1S/C11H13N2O.Fe/c1-7(2)13-10-4-3-9(12)5-8(10)6-11(13)14;/h3-7H,12H2,1-2H3;/q-1;. The monoisotopic (exact) mass is 245 g/mol. The van der Waals surface area contributed by atoms with E-state index in [-0.39, 0.29) is 28.7 Å². The van der Waals surface area contributed by atoms with Crippen LogP contribution in [0.2, 0.25) is 0 Å². The zero-order valence-corrected chi connectivity index (χ0v) is 9.78. The summed E-state index contributed by atoms with van der Waals surface area (Å²) in [5.74, 6) is 0. The van der Waals surface area contributed by atoms with Crippen LogP contribution in [-0.2, 0) is 17.1 Å². The normalized spacial score (nSPS) is 10.6. The first kappa shape index (κ1) is 12.0. The number of aromatic nitrogens is 1. The van der Waals surface area contributed by atoms with Gasteiger partial charge in [0, 0.05) is 23.1 Å². The largest absolute Gasteiger partial charge is 0.409 e. The van der Waals surface area contributed by atoms with Crippen molar-refractivity contribution in [2.45, 2.75) is 19.9 Å². The molecule has 0 radical (unpaired) electrons. The second-order valence-corrected chi connectivity index (χ2v) is 3.76. The molecule has 0 aliphatic heterocycles. The van der Waals surface area contributed by atoms with Gasteiger partial charge in [0.15, 0.2) is 5.56 Å². The van der Waals surface area contributed by atoms with Crippen molar-refractivity contribution in [1.29, 1.82) is 0 Å². The van der Waals surface area contributed by atoms with Crippen LogP contribution in [0, 0.1) is 0 Å². The van der Waals surface area contributed by atoms with Crippen LogP contribution in [0.15, 0.2) is 29.1 Å². The molecule has 0 unspecified atom stereocenters. The van der Waals surface area contributed by atoms with Crippen molar-refractivity contribution in [2.75, 3.05) is 5.73 Å². The Bertz CT molecular complexity index is 525. The van der Waals surface area contributed by atoms with Crippen LogP contribution in [0.1, 0.15) is 19.9 Å². The van der Waals surface area contributed by atoms with Crippen LogP contribution in [-0.4, -0.2) is 4.57 Å². The summed E-state index contributed by atoms with van der Waals surface area (Å²) in [5.41, 5.74) is 7.34. The molecule has 0 aliphatic rings. The summed E-state index contributed by atoms with van der Waals surface area (Å²) in [6.07, 6.45) is 0. The van der Waals surface area contributed by atoms with Gasteiger partial charge in [-0.25, -0.2) is 0 Å². The zero-order valence-electron chi connectivity index (χ0n) is 8.67. The quantitative estimate of drug-likeness (QED) is 0.473. The van der Waals surface area contributed by atoms with E-state index in [2.05, 4.69) is 0 Å². The third kappa shape index (κ3) is 1.96. The second-order valence-electron chi connectivity index (χ2n) is 3.76. The van der Waals surface area contributed by atoms with Gasteiger partial charge in [-0.3, -0.25) is 4.79 Å².